The molecule has 0 unspecified atom stereocenters. The maximum Gasteiger partial charge on any atom is 0.293 e. The molecule has 11 nitrogen and oxygen atoms in total. The molecule has 0 spiro atoms. The molecule has 0 aliphatic carbocycles. The normalized spacial score (nSPS) is 11.0. The van der Waals surface area contributed by atoms with Crippen LogP contribution in [0.4, 0.5) is 5.82 Å². The molecule has 0 aliphatic heterocycles. The number of hydrogen-bond acceptors (Lipinski definition) is 9. The number of rotatable bonds is 7. The van der Waals surface area contributed by atoms with E-state index in [1.165, 1.54) is 10.9 Å². The minimum absolute atomic E-state index is 0.0572. The standard InChI is InChI=1S/C16H18N8O3/c1-3-4-12-13(19-23-24(12)15-14(17)21-27-22-15)16(25)20-18-9-10-5-7-11(26-2)8-6-10/h5-9H,3-4H2,1-2H3,(H2,17,21)(H,20,25). The van der Waals surface area contributed by atoms with Crippen LogP contribution in [-0.2, 0) is 6.42 Å². The molecular formula is C16H18N8O3. The fraction of sp³-hybridized carbons (Fsp3) is 0.250. The number of methoxy groups -OCH3 is 1. The molecule has 140 valence electrons. The first-order chi connectivity index (χ1) is 13.1. The number of nitrogens with one attached hydrogen (secondary N) is 1. The van der Waals surface area contributed by atoms with Crippen molar-refractivity contribution in [2.75, 3.05) is 12.8 Å². The summed E-state index contributed by atoms with van der Waals surface area (Å²) in [5, 5.41) is 19.0. The van der Waals surface area contributed by atoms with E-state index in [9.17, 15) is 4.79 Å². The Morgan fingerprint density at radius 2 is 2.15 bits per heavy atom. The van der Waals surface area contributed by atoms with Gasteiger partial charge in [0.25, 0.3) is 5.91 Å². The SMILES string of the molecule is CCCc1c(C(=O)NN=Cc2ccc(OC)cc2)nnn1-c1nonc1N. The lowest BCUT2D eigenvalue weighted by molar-refractivity contribution is 0.0949. The van der Waals surface area contributed by atoms with Crippen molar-refractivity contribution >= 4 is 17.9 Å². The van der Waals surface area contributed by atoms with Crippen LogP contribution in [-0.4, -0.2) is 44.5 Å². The third-order valence-corrected chi connectivity index (χ3v) is 3.66. The number of hydrogen-bond donors (Lipinski definition) is 2. The number of carbonyl (C=O) groups is 1. The van der Waals surface area contributed by atoms with E-state index in [4.69, 9.17) is 10.5 Å². The Hall–Kier alpha value is -3.76. The Labute approximate surface area is 154 Å². The van der Waals surface area contributed by atoms with Gasteiger partial charge in [-0.15, -0.1) is 5.10 Å². The summed E-state index contributed by atoms with van der Waals surface area (Å²) in [6, 6.07) is 7.22. The molecular weight excluding hydrogens is 352 g/mol. The molecule has 0 radical (unpaired) electrons. The van der Waals surface area contributed by atoms with Crippen molar-refractivity contribution in [1.82, 2.24) is 30.7 Å². The van der Waals surface area contributed by atoms with Crippen molar-refractivity contribution in [1.29, 1.82) is 0 Å². The summed E-state index contributed by atoms with van der Waals surface area (Å²) >= 11 is 0. The van der Waals surface area contributed by atoms with Crippen molar-refractivity contribution in [2.24, 2.45) is 5.10 Å². The second kappa shape index (κ2) is 8.08. The predicted molar refractivity (Wildman–Crippen MR) is 95.7 cm³/mol. The number of nitrogens with two attached hydrogens (primary N) is 1. The van der Waals surface area contributed by atoms with Gasteiger partial charge < -0.3 is 10.5 Å². The van der Waals surface area contributed by atoms with Crippen LogP contribution in [0.1, 0.15) is 35.1 Å². The third kappa shape index (κ3) is 3.92. The number of amides is 1. The van der Waals surface area contributed by atoms with E-state index in [-0.39, 0.29) is 17.3 Å². The van der Waals surface area contributed by atoms with Gasteiger partial charge in [-0.3, -0.25) is 4.79 Å². The Morgan fingerprint density at radius 3 is 2.78 bits per heavy atom. The Morgan fingerprint density at radius 1 is 1.37 bits per heavy atom. The number of anilines is 1. The number of carbonyl (C=O) groups excluding carboxylic acids is 1. The predicted octanol–water partition coefficient (Wildman–Crippen LogP) is 0.957. The average molecular weight is 370 g/mol. The molecule has 27 heavy (non-hydrogen) atoms. The van der Waals surface area contributed by atoms with Crippen molar-refractivity contribution < 1.29 is 14.2 Å². The van der Waals surface area contributed by atoms with Gasteiger partial charge in [0, 0.05) is 0 Å². The van der Waals surface area contributed by atoms with E-state index < -0.39 is 5.91 Å². The molecule has 0 bridgehead atoms. The van der Waals surface area contributed by atoms with Gasteiger partial charge in [-0.25, -0.2) is 10.1 Å². The lowest BCUT2D eigenvalue weighted by atomic mass is 10.2. The highest BCUT2D eigenvalue weighted by Gasteiger charge is 2.23. The Balaban J connectivity index is 1.77. The van der Waals surface area contributed by atoms with Crippen LogP contribution in [0.15, 0.2) is 34.0 Å². The summed E-state index contributed by atoms with van der Waals surface area (Å²) in [6.07, 6.45) is 2.80. The van der Waals surface area contributed by atoms with Crippen LogP contribution >= 0.6 is 0 Å². The van der Waals surface area contributed by atoms with Gasteiger partial charge in [0.1, 0.15) is 5.75 Å². The highest BCUT2D eigenvalue weighted by molar-refractivity contribution is 5.94. The Kier molecular flexibility index (Phi) is 5.40. The average Bonchev–Trinajstić information content (AvgIpc) is 3.28. The van der Waals surface area contributed by atoms with E-state index in [0.717, 1.165) is 17.7 Å². The van der Waals surface area contributed by atoms with Crippen molar-refractivity contribution in [3.05, 3.63) is 41.2 Å². The number of benzene rings is 1. The lowest BCUT2D eigenvalue weighted by Crippen LogP contribution is -2.20. The number of hydrazone groups is 1. The summed E-state index contributed by atoms with van der Waals surface area (Å²) in [5.41, 5.74) is 9.61. The van der Waals surface area contributed by atoms with Gasteiger partial charge in [0.15, 0.2) is 5.69 Å². The largest absolute Gasteiger partial charge is 0.497 e. The summed E-state index contributed by atoms with van der Waals surface area (Å²) < 4.78 is 11.0. The van der Waals surface area contributed by atoms with E-state index in [2.05, 4.69) is 35.8 Å². The van der Waals surface area contributed by atoms with Gasteiger partial charge in [0.05, 0.1) is 19.0 Å². The first-order valence-electron chi connectivity index (χ1n) is 8.14. The minimum atomic E-state index is -0.496. The smallest absolute Gasteiger partial charge is 0.293 e. The van der Waals surface area contributed by atoms with Crippen LogP contribution in [0.2, 0.25) is 0 Å². The van der Waals surface area contributed by atoms with Crippen LogP contribution in [0.25, 0.3) is 5.82 Å². The van der Waals surface area contributed by atoms with E-state index in [1.54, 1.807) is 19.2 Å². The first kappa shape index (κ1) is 18.0. The van der Waals surface area contributed by atoms with E-state index in [1.807, 2.05) is 19.1 Å². The van der Waals surface area contributed by atoms with Crippen molar-refractivity contribution in [2.45, 2.75) is 19.8 Å². The molecule has 1 amide bonds. The van der Waals surface area contributed by atoms with Gasteiger partial charge >= 0.3 is 0 Å². The molecule has 3 aromatic rings. The maximum atomic E-state index is 12.4. The maximum absolute atomic E-state index is 12.4. The summed E-state index contributed by atoms with van der Waals surface area (Å²) in [4.78, 5) is 12.4. The second-order valence-corrected chi connectivity index (χ2v) is 5.49. The van der Waals surface area contributed by atoms with E-state index in [0.29, 0.717) is 12.1 Å². The van der Waals surface area contributed by atoms with Gasteiger partial charge in [-0.1, -0.05) is 18.6 Å². The minimum Gasteiger partial charge on any atom is -0.497 e. The molecule has 3 rings (SSSR count). The van der Waals surface area contributed by atoms with Crippen LogP contribution in [0, 0.1) is 0 Å². The van der Waals surface area contributed by atoms with Gasteiger partial charge in [-0.05, 0) is 46.6 Å². The fourth-order valence-electron chi connectivity index (χ4n) is 2.36. The number of aromatic nitrogens is 5. The molecule has 1 aromatic carbocycles. The summed E-state index contributed by atoms with van der Waals surface area (Å²) in [5.74, 6) is 0.483. The van der Waals surface area contributed by atoms with Gasteiger partial charge in [-0.2, -0.15) is 9.78 Å². The van der Waals surface area contributed by atoms with Crippen molar-refractivity contribution in [3.8, 4) is 11.6 Å². The number of nitrogens with zero attached hydrogens (tertiary/aromatic N) is 6. The zero-order chi connectivity index (χ0) is 19.2. The quantitative estimate of drug-likeness (QED) is 0.462. The van der Waals surface area contributed by atoms with Crippen LogP contribution < -0.4 is 15.9 Å². The molecule has 0 saturated carbocycles. The highest BCUT2D eigenvalue weighted by Crippen LogP contribution is 2.17. The topological polar surface area (TPSA) is 146 Å². The molecule has 0 saturated heterocycles. The molecule has 2 heterocycles. The van der Waals surface area contributed by atoms with Crippen LogP contribution in [0.5, 0.6) is 5.75 Å². The van der Waals surface area contributed by atoms with Gasteiger partial charge in [0.2, 0.25) is 11.6 Å². The molecule has 0 atom stereocenters. The highest BCUT2D eigenvalue weighted by atomic mass is 16.6. The number of nitrogen functional groups attached to an aromatic ring is 1. The Bertz CT molecular complexity index is 945. The fourth-order valence-corrected chi connectivity index (χ4v) is 2.36. The molecule has 3 N–H and O–H groups in total. The van der Waals surface area contributed by atoms with Crippen LogP contribution in [0.3, 0.4) is 0 Å². The van der Waals surface area contributed by atoms with E-state index >= 15 is 0 Å². The lowest BCUT2D eigenvalue weighted by Gasteiger charge is -2.03. The summed E-state index contributed by atoms with van der Waals surface area (Å²) in [6.45, 7) is 1.96. The molecule has 0 fully saturated rings. The summed E-state index contributed by atoms with van der Waals surface area (Å²) in [7, 11) is 1.59. The first-order valence-corrected chi connectivity index (χ1v) is 8.14. The zero-order valence-corrected chi connectivity index (χ0v) is 14.8. The number of ether oxygens (including phenoxy) is 1. The second-order valence-electron chi connectivity index (χ2n) is 5.49. The zero-order valence-electron chi connectivity index (χ0n) is 14.8. The monoisotopic (exact) mass is 370 g/mol. The third-order valence-electron chi connectivity index (χ3n) is 3.66. The van der Waals surface area contributed by atoms with Crippen molar-refractivity contribution in [3.63, 3.8) is 0 Å². The molecule has 0 aliphatic rings. The molecule has 2 aromatic heterocycles. The molecule has 11 heteroatoms.